The summed E-state index contributed by atoms with van der Waals surface area (Å²) in [4.78, 5) is 16.8. The van der Waals surface area contributed by atoms with Gasteiger partial charge in [0, 0.05) is 27.5 Å². The van der Waals surface area contributed by atoms with Gasteiger partial charge >= 0.3 is 0 Å². The highest BCUT2D eigenvalue weighted by molar-refractivity contribution is 9.10. The van der Waals surface area contributed by atoms with E-state index in [9.17, 15) is 4.79 Å². The number of hydrogen-bond acceptors (Lipinski definition) is 3. The molecule has 3 rings (SSSR count). The normalized spacial score (nSPS) is 13.4. The van der Waals surface area contributed by atoms with Crippen molar-refractivity contribution in [1.82, 2.24) is 9.55 Å². The third-order valence-electron chi connectivity index (χ3n) is 3.57. The van der Waals surface area contributed by atoms with E-state index < -0.39 is 5.50 Å². The number of imidazole rings is 1. The topological polar surface area (TPSA) is 34.9 Å². The second kappa shape index (κ2) is 8.41. The molecule has 2 unspecified atom stereocenters. The minimum atomic E-state index is -0.465. The first-order valence-corrected chi connectivity index (χ1v) is 9.87. The predicted molar refractivity (Wildman–Crippen MR) is 107 cm³/mol. The molecule has 0 fully saturated rings. The van der Waals surface area contributed by atoms with Crippen LogP contribution in [-0.2, 0) is 0 Å². The molecule has 0 aliphatic rings. The highest BCUT2D eigenvalue weighted by Gasteiger charge is 2.26. The van der Waals surface area contributed by atoms with Crippen molar-refractivity contribution < 1.29 is 4.79 Å². The second-order valence-electron chi connectivity index (χ2n) is 5.27. The van der Waals surface area contributed by atoms with Gasteiger partial charge in [-0.1, -0.05) is 63.0 Å². The van der Waals surface area contributed by atoms with Crippen molar-refractivity contribution in [3.63, 3.8) is 0 Å². The molecule has 3 nitrogen and oxygen atoms in total. The molecule has 7 heteroatoms. The molecule has 1 aromatic heterocycles. The number of rotatable bonds is 5. The van der Waals surface area contributed by atoms with Crippen LogP contribution in [0.3, 0.4) is 0 Å². The molecule has 0 amide bonds. The van der Waals surface area contributed by atoms with E-state index in [-0.39, 0.29) is 10.4 Å². The van der Waals surface area contributed by atoms with Gasteiger partial charge in [-0.2, -0.15) is 0 Å². The maximum absolute atomic E-state index is 12.7. The Labute approximate surface area is 168 Å². The molecule has 0 aliphatic heterocycles. The molecule has 0 radical (unpaired) electrons. The van der Waals surface area contributed by atoms with Gasteiger partial charge in [-0.25, -0.2) is 4.98 Å². The lowest BCUT2D eigenvalue weighted by molar-refractivity contribution is 0.108. The lowest BCUT2D eigenvalue weighted by Gasteiger charge is -2.22. The second-order valence-corrected chi connectivity index (χ2v) is 8.18. The molecular formula is C18H13BrCl2N2OS. The summed E-state index contributed by atoms with van der Waals surface area (Å²) >= 11 is 17.2. The van der Waals surface area contributed by atoms with Crippen LogP contribution in [-0.4, -0.2) is 14.7 Å². The van der Waals surface area contributed by atoms with Crippen LogP contribution in [0, 0.1) is 0 Å². The van der Waals surface area contributed by atoms with Crippen molar-refractivity contribution in [2.24, 2.45) is 0 Å². The van der Waals surface area contributed by atoms with E-state index in [0.29, 0.717) is 10.6 Å². The average Bonchev–Trinajstić information content (AvgIpc) is 3.15. The fourth-order valence-electron chi connectivity index (χ4n) is 2.28. The number of carbonyl (C=O) groups is 1. The lowest BCUT2D eigenvalue weighted by atomic mass is 10.1. The van der Waals surface area contributed by atoms with E-state index >= 15 is 0 Å². The number of carbonyl (C=O) groups excluding carboxylic acids is 1. The van der Waals surface area contributed by atoms with Crippen molar-refractivity contribution in [1.29, 1.82) is 0 Å². The van der Waals surface area contributed by atoms with Crippen LogP contribution in [0.5, 0.6) is 0 Å². The van der Waals surface area contributed by atoms with Crippen LogP contribution in [0.25, 0.3) is 0 Å². The SMILES string of the molecule is O=C(SC(c1ccc(Cl)cc1)C(Cl)n1ccnc1)c1ccc(Br)cc1. The van der Waals surface area contributed by atoms with Crippen LogP contribution in [0.4, 0.5) is 0 Å². The highest BCUT2D eigenvalue weighted by atomic mass is 79.9. The Bertz CT molecular complexity index is 839. The molecule has 2 aromatic carbocycles. The number of aromatic nitrogens is 2. The third-order valence-corrected chi connectivity index (χ3v) is 6.21. The van der Waals surface area contributed by atoms with Crippen molar-refractivity contribution in [2.75, 3.05) is 0 Å². The minimum Gasteiger partial charge on any atom is -0.319 e. The van der Waals surface area contributed by atoms with E-state index in [0.717, 1.165) is 10.0 Å². The van der Waals surface area contributed by atoms with Gasteiger partial charge in [0.1, 0.15) is 5.50 Å². The van der Waals surface area contributed by atoms with Gasteiger partial charge in [-0.3, -0.25) is 4.79 Å². The Balaban J connectivity index is 1.89. The number of alkyl halides is 1. The quantitative estimate of drug-likeness (QED) is 0.420. The van der Waals surface area contributed by atoms with Gasteiger partial charge in [0.25, 0.3) is 0 Å². The molecule has 2 atom stereocenters. The maximum atomic E-state index is 12.7. The van der Waals surface area contributed by atoms with Gasteiger partial charge in [0.2, 0.25) is 5.12 Å². The Kier molecular flexibility index (Phi) is 6.23. The monoisotopic (exact) mass is 454 g/mol. The van der Waals surface area contributed by atoms with E-state index in [2.05, 4.69) is 20.9 Å². The van der Waals surface area contributed by atoms with Crippen molar-refractivity contribution in [3.05, 3.63) is 87.9 Å². The molecule has 0 N–H and O–H groups in total. The first-order chi connectivity index (χ1) is 12.0. The molecule has 0 saturated heterocycles. The summed E-state index contributed by atoms with van der Waals surface area (Å²) in [6, 6.07) is 14.6. The van der Waals surface area contributed by atoms with E-state index in [1.165, 1.54) is 11.8 Å². The number of hydrogen-bond donors (Lipinski definition) is 0. The minimum absolute atomic E-state index is 0.0433. The summed E-state index contributed by atoms with van der Waals surface area (Å²) in [6.07, 6.45) is 5.09. The van der Waals surface area contributed by atoms with E-state index in [1.54, 1.807) is 47.6 Å². The van der Waals surface area contributed by atoms with Gasteiger partial charge in [-0.15, -0.1) is 0 Å². The number of benzene rings is 2. The number of halogens is 3. The average molecular weight is 456 g/mol. The Morgan fingerprint density at radius 1 is 1.12 bits per heavy atom. The molecule has 0 spiro atoms. The molecule has 0 saturated carbocycles. The van der Waals surface area contributed by atoms with Crippen molar-refractivity contribution >= 4 is 56.0 Å². The molecular weight excluding hydrogens is 443 g/mol. The van der Waals surface area contributed by atoms with Gasteiger partial charge in [0.05, 0.1) is 11.6 Å². The Hall–Kier alpha value is -1.27. The molecule has 3 aromatic rings. The van der Waals surface area contributed by atoms with Gasteiger partial charge in [0.15, 0.2) is 0 Å². The zero-order chi connectivity index (χ0) is 17.8. The van der Waals surface area contributed by atoms with Crippen LogP contribution >= 0.6 is 50.9 Å². The highest BCUT2D eigenvalue weighted by Crippen LogP contribution is 2.43. The summed E-state index contributed by atoms with van der Waals surface area (Å²) in [6.45, 7) is 0. The molecule has 0 aliphatic carbocycles. The Morgan fingerprint density at radius 2 is 1.80 bits per heavy atom. The smallest absolute Gasteiger partial charge is 0.220 e. The standard InChI is InChI=1S/C18H13BrCl2N2OS/c19-14-5-1-13(2-6-14)18(24)25-16(12-3-7-15(20)8-4-12)17(21)23-10-9-22-11-23/h1-11,16-17H. The third kappa shape index (κ3) is 4.67. The first-order valence-electron chi connectivity index (χ1n) is 7.38. The fourth-order valence-corrected chi connectivity index (χ4v) is 4.13. The lowest BCUT2D eigenvalue weighted by Crippen LogP contribution is -2.11. The molecule has 0 bridgehead atoms. The predicted octanol–water partition coefficient (Wildman–Crippen LogP) is 6.35. The van der Waals surface area contributed by atoms with E-state index in [1.807, 2.05) is 24.3 Å². The number of thioether (sulfide) groups is 1. The summed E-state index contributed by atoms with van der Waals surface area (Å²) in [7, 11) is 0. The van der Waals surface area contributed by atoms with Crippen LogP contribution in [0.15, 0.2) is 71.7 Å². The van der Waals surface area contributed by atoms with Crippen LogP contribution in [0.1, 0.15) is 26.7 Å². The summed E-state index contributed by atoms with van der Waals surface area (Å²) in [5.41, 5.74) is 1.09. The molecule has 128 valence electrons. The summed E-state index contributed by atoms with van der Waals surface area (Å²) in [5, 5.41) is 0.308. The molecule has 25 heavy (non-hydrogen) atoms. The number of nitrogens with zero attached hydrogens (tertiary/aromatic N) is 2. The molecule has 1 heterocycles. The van der Waals surface area contributed by atoms with Crippen LogP contribution in [0.2, 0.25) is 5.02 Å². The van der Waals surface area contributed by atoms with E-state index in [4.69, 9.17) is 23.2 Å². The van der Waals surface area contributed by atoms with Gasteiger partial charge < -0.3 is 4.57 Å². The zero-order valence-corrected chi connectivity index (χ0v) is 16.8. The van der Waals surface area contributed by atoms with Gasteiger partial charge in [-0.05, 0) is 42.0 Å². The largest absolute Gasteiger partial charge is 0.319 e. The fraction of sp³-hybridized carbons (Fsp3) is 0.111. The first kappa shape index (κ1) is 18.5. The van der Waals surface area contributed by atoms with Crippen molar-refractivity contribution in [3.8, 4) is 0 Å². The van der Waals surface area contributed by atoms with Crippen LogP contribution < -0.4 is 0 Å². The summed E-state index contributed by atoms with van der Waals surface area (Å²) in [5.74, 6) is 0. The summed E-state index contributed by atoms with van der Waals surface area (Å²) < 4.78 is 2.71. The zero-order valence-electron chi connectivity index (χ0n) is 12.9. The van der Waals surface area contributed by atoms with Crippen molar-refractivity contribution in [2.45, 2.75) is 10.8 Å². The Morgan fingerprint density at radius 3 is 2.40 bits per heavy atom. The maximum Gasteiger partial charge on any atom is 0.220 e.